The Morgan fingerprint density at radius 2 is 1.79 bits per heavy atom. The topological polar surface area (TPSA) is 92.3 Å². The third-order valence-electron chi connectivity index (χ3n) is 3.51. The van der Waals surface area contributed by atoms with Crippen LogP contribution in [0.3, 0.4) is 0 Å². The minimum absolute atomic E-state index is 0.0405. The summed E-state index contributed by atoms with van der Waals surface area (Å²) in [6.45, 7) is 3.43. The second-order valence-electron chi connectivity index (χ2n) is 5.96. The van der Waals surface area contributed by atoms with E-state index < -0.39 is 21.8 Å². The zero-order valence-corrected chi connectivity index (χ0v) is 15.3. The van der Waals surface area contributed by atoms with E-state index in [-0.39, 0.29) is 18.1 Å². The van der Waals surface area contributed by atoms with Crippen LogP contribution in [0.1, 0.15) is 38.7 Å². The van der Waals surface area contributed by atoms with Crippen LogP contribution in [0.4, 0.5) is 5.69 Å². The monoisotopic (exact) mass is 354 g/mol. The van der Waals surface area contributed by atoms with Crippen LogP contribution >= 0.6 is 0 Å². The quantitative estimate of drug-likeness (QED) is 0.708. The lowest BCUT2D eigenvalue weighted by atomic mass is 10.1. The molecule has 0 bridgehead atoms. The molecule has 0 aliphatic rings. The fraction of sp³-hybridized carbons (Fsp3) is 0.529. The number of carbonyl (C=O) groups excluding carboxylic acids is 2. The highest BCUT2D eigenvalue weighted by molar-refractivity contribution is 7.90. The number of nitrogens with one attached hydrogen (secondary N) is 2. The number of aryl methyl sites for hydroxylation is 1. The zero-order valence-electron chi connectivity index (χ0n) is 14.5. The summed E-state index contributed by atoms with van der Waals surface area (Å²) in [5, 5.41) is 5.21. The highest BCUT2D eigenvalue weighted by Gasteiger charge is 2.21. The van der Waals surface area contributed by atoms with E-state index in [2.05, 4.69) is 17.6 Å². The first-order chi connectivity index (χ1) is 11.2. The molecule has 0 saturated heterocycles. The van der Waals surface area contributed by atoms with Crippen LogP contribution in [0.5, 0.6) is 0 Å². The Morgan fingerprint density at radius 3 is 2.29 bits per heavy atom. The minimum Gasteiger partial charge on any atom is -0.345 e. The van der Waals surface area contributed by atoms with Gasteiger partial charge in [0.15, 0.2) is 0 Å². The molecule has 0 radical (unpaired) electrons. The summed E-state index contributed by atoms with van der Waals surface area (Å²) >= 11 is 0. The largest absolute Gasteiger partial charge is 0.345 e. The Hall–Kier alpha value is -1.89. The van der Waals surface area contributed by atoms with Crippen molar-refractivity contribution in [3.8, 4) is 0 Å². The SMILES string of the molecule is CCCCc1ccc(NC(=O)C(CCS(C)(=O)=O)NC(C)=O)cc1. The molecule has 6 nitrogen and oxygen atoms in total. The molecule has 1 aromatic carbocycles. The van der Waals surface area contributed by atoms with E-state index in [1.807, 2.05) is 24.3 Å². The summed E-state index contributed by atoms with van der Waals surface area (Å²) < 4.78 is 22.6. The molecule has 1 atom stereocenters. The number of rotatable bonds is 9. The molecule has 0 fully saturated rings. The van der Waals surface area contributed by atoms with Crippen LogP contribution in [-0.4, -0.2) is 38.3 Å². The van der Waals surface area contributed by atoms with E-state index >= 15 is 0 Å². The number of carbonyl (C=O) groups is 2. The first kappa shape index (κ1) is 20.2. The second kappa shape index (κ2) is 9.42. The number of unbranched alkanes of at least 4 members (excludes halogenated alkanes) is 1. The van der Waals surface area contributed by atoms with Crippen molar-refractivity contribution in [2.45, 2.75) is 45.6 Å². The number of hydrogen-bond acceptors (Lipinski definition) is 4. The van der Waals surface area contributed by atoms with Crippen molar-refractivity contribution < 1.29 is 18.0 Å². The number of anilines is 1. The molecule has 7 heteroatoms. The van der Waals surface area contributed by atoms with E-state index in [1.165, 1.54) is 12.5 Å². The normalized spacial score (nSPS) is 12.5. The summed E-state index contributed by atoms with van der Waals surface area (Å²) in [5.74, 6) is -0.963. The average molecular weight is 354 g/mol. The van der Waals surface area contributed by atoms with Gasteiger partial charge in [-0.25, -0.2) is 8.42 Å². The Labute approximate surface area is 143 Å². The average Bonchev–Trinajstić information content (AvgIpc) is 2.49. The Kier molecular flexibility index (Phi) is 7.91. The van der Waals surface area contributed by atoms with Gasteiger partial charge in [-0.05, 0) is 37.0 Å². The maximum atomic E-state index is 12.3. The predicted octanol–water partition coefficient (Wildman–Crippen LogP) is 1.91. The first-order valence-electron chi connectivity index (χ1n) is 8.06. The standard InChI is InChI=1S/C17H26N2O4S/c1-4-5-6-14-7-9-15(10-8-14)19-17(21)16(18-13(2)20)11-12-24(3,22)23/h7-10,16H,4-6,11-12H2,1-3H3,(H,18,20)(H,19,21). The van der Waals surface area contributed by atoms with Crippen LogP contribution in [0, 0.1) is 0 Å². The van der Waals surface area contributed by atoms with Gasteiger partial charge < -0.3 is 10.6 Å². The van der Waals surface area contributed by atoms with Gasteiger partial charge in [-0.15, -0.1) is 0 Å². The molecule has 1 aromatic rings. The van der Waals surface area contributed by atoms with Gasteiger partial charge in [-0.3, -0.25) is 9.59 Å². The van der Waals surface area contributed by atoms with Gasteiger partial charge in [0.2, 0.25) is 11.8 Å². The highest BCUT2D eigenvalue weighted by Crippen LogP contribution is 2.12. The van der Waals surface area contributed by atoms with Crippen molar-refractivity contribution in [3.63, 3.8) is 0 Å². The van der Waals surface area contributed by atoms with Crippen LogP contribution in [-0.2, 0) is 25.8 Å². The number of hydrogen-bond donors (Lipinski definition) is 2. The molecule has 0 heterocycles. The Bertz CT molecular complexity index is 654. The summed E-state index contributed by atoms with van der Waals surface area (Å²) in [6.07, 6.45) is 4.37. The van der Waals surface area contributed by atoms with Gasteiger partial charge in [0.25, 0.3) is 0 Å². The lowest BCUT2D eigenvalue weighted by molar-refractivity contribution is -0.125. The molecule has 0 aromatic heterocycles. The van der Waals surface area contributed by atoms with Crippen LogP contribution in [0.15, 0.2) is 24.3 Å². The van der Waals surface area contributed by atoms with Crippen LogP contribution in [0.25, 0.3) is 0 Å². The van der Waals surface area contributed by atoms with Gasteiger partial charge in [-0.1, -0.05) is 25.5 Å². The van der Waals surface area contributed by atoms with Crippen molar-refractivity contribution in [1.82, 2.24) is 5.32 Å². The third kappa shape index (κ3) is 8.10. The van der Waals surface area contributed by atoms with Crippen molar-refractivity contribution in [2.75, 3.05) is 17.3 Å². The first-order valence-corrected chi connectivity index (χ1v) is 10.1. The smallest absolute Gasteiger partial charge is 0.246 e. The van der Waals surface area contributed by atoms with E-state index in [0.29, 0.717) is 5.69 Å². The highest BCUT2D eigenvalue weighted by atomic mass is 32.2. The Balaban J connectivity index is 2.70. The Morgan fingerprint density at radius 1 is 1.17 bits per heavy atom. The summed E-state index contributed by atoms with van der Waals surface area (Å²) in [7, 11) is -3.21. The molecule has 1 rings (SSSR count). The van der Waals surface area contributed by atoms with Gasteiger partial charge in [-0.2, -0.15) is 0 Å². The molecular formula is C17H26N2O4S. The molecule has 1 unspecified atom stereocenters. The number of amides is 2. The molecule has 2 amide bonds. The molecule has 24 heavy (non-hydrogen) atoms. The van der Waals surface area contributed by atoms with Gasteiger partial charge in [0.05, 0.1) is 5.75 Å². The van der Waals surface area contributed by atoms with Crippen LogP contribution < -0.4 is 10.6 Å². The van der Waals surface area contributed by atoms with Gasteiger partial charge in [0, 0.05) is 18.9 Å². The van der Waals surface area contributed by atoms with Gasteiger partial charge in [0.1, 0.15) is 15.9 Å². The van der Waals surface area contributed by atoms with E-state index in [9.17, 15) is 18.0 Å². The lowest BCUT2D eigenvalue weighted by Gasteiger charge is -2.17. The summed E-state index contributed by atoms with van der Waals surface area (Å²) in [5.41, 5.74) is 1.82. The lowest BCUT2D eigenvalue weighted by Crippen LogP contribution is -2.43. The van der Waals surface area contributed by atoms with Gasteiger partial charge >= 0.3 is 0 Å². The van der Waals surface area contributed by atoms with Crippen molar-refractivity contribution in [3.05, 3.63) is 29.8 Å². The number of sulfone groups is 1. The molecule has 134 valence electrons. The zero-order chi connectivity index (χ0) is 18.2. The van der Waals surface area contributed by atoms with Crippen LogP contribution in [0.2, 0.25) is 0 Å². The molecule has 0 spiro atoms. The van der Waals surface area contributed by atoms with Crippen molar-refractivity contribution in [1.29, 1.82) is 0 Å². The maximum absolute atomic E-state index is 12.3. The summed E-state index contributed by atoms with van der Waals surface area (Å²) in [6, 6.07) is 6.65. The third-order valence-corrected chi connectivity index (χ3v) is 4.49. The molecule has 2 N–H and O–H groups in total. The number of benzene rings is 1. The van der Waals surface area contributed by atoms with Crippen molar-refractivity contribution >= 4 is 27.3 Å². The molecule has 0 aliphatic heterocycles. The van der Waals surface area contributed by atoms with E-state index in [1.54, 1.807) is 0 Å². The predicted molar refractivity (Wildman–Crippen MR) is 95.6 cm³/mol. The van der Waals surface area contributed by atoms with E-state index in [4.69, 9.17) is 0 Å². The van der Waals surface area contributed by atoms with Crippen molar-refractivity contribution in [2.24, 2.45) is 0 Å². The fourth-order valence-corrected chi connectivity index (χ4v) is 2.87. The van der Waals surface area contributed by atoms with E-state index in [0.717, 1.165) is 25.5 Å². The fourth-order valence-electron chi connectivity index (χ4n) is 2.21. The molecule has 0 saturated carbocycles. The minimum atomic E-state index is -3.21. The summed E-state index contributed by atoms with van der Waals surface area (Å²) in [4.78, 5) is 23.5. The molecule has 0 aliphatic carbocycles. The molecular weight excluding hydrogens is 328 g/mol. The maximum Gasteiger partial charge on any atom is 0.246 e. The second-order valence-corrected chi connectivity index (χ2v) is 8.22.